The van der Waals surface area contributed by atoms with Crippen LogP contribution in [0, 0.1) is 0 Å². The number of aromatic amines is 1. The molecule has 3 N–H and O–H groups in total. The van der Waals surface area contributed by atoms with Crippen molar-refractivity contribution in [1.82, 2.24) is 5.32 Å². The smallest absolute Gasteiger partial charge is 0.279 e. The van der Waals surface area contributed by atoms with Crippen molar-refractivity contribution in [2.75, 3.05) is 11.9 Å². The second-order valence-electron chi connectivity index (χ2n) is 3.89. The Morgan fingerprint density at radius 2 is 1.83 bits per heavy atom. The number of hydrogen-bond acceptors (Lipinski definition) is 1. The predicted molar refractivity (Wildman–Crippen MR) is 77.4 cm³/mol. The number of pyridine rings is 1. The monoisotopic (exact) mass is 258 g/mol. The van der Waals surface area contributed by atoms with E-state index in [-0.39, 0.29) is 0 Å². The van der Waals surface area contributed by atoms with Gasteiger partial charge in [0.1, 0.15) is 0 Å². The quantitative estimate of drug-likeness (QED) is 0.824. The molecule has 92 valence electrons. The summed E-state index contributed by atoms with van der Waals surface area (Å²) in [5.41, 5.74) is 1.30. The van der Waals surface area contributed by atoms with E-state index in [1.165, 1.54) is 5.56 Å². The van der Waals surface area contributed by atoms with Crippen molar-refractivity contribution in [3.8, 4) is 0 Å². The fourth-order valence-corrected chi connectivity index (χ4v) is 1.81. The Morgan fingerprint density at radius 1 is 1.06 bits per heavy atom. The van der Waals surface area contributed by atoms with Gasteiger partial charge >= 0.3 is 0 Å². The average Bonchev–Trinajstić information content (AvgIpc) is 2.41. The molecule has 1 aromatic carbocycles. The lowest BCUT2D eigenvalue weighted by molar-refractivity contribution is -0.360. The van der Waals surface area contributed by atoms with Gasteiger partial charge in [0.05, 0.1) is 6.20 Å². The topological polar surface area (TPSA) is 38.2 Å². The van der Waals surface area contributed by atoms with Crippen molar-refractivity contribution in [1.29, 1.82) is 0 Å². The summed E-state index contributed by atoms with van der Waals surface area (Å²) in [5.74, 6) is 0.884. The third-order valence-corrected chi connectivity index (χ3v) is 2.75. The van der Waals surface area contributed by atoms with E-state index in [4.69, 9.17) is 12.2 Å². The zero-order valence-corrected chi connectivity index (χ0v) is 10.8. The van der Waals surface area contributed by atoms with Crippen LogP contribution in [0.2, 0.25) is 0 Å². The number of benzene rings is 1. The highest BCUT2D eigenvalue weighted by atomic mass is 32.1. The Kier molecular flexibility index (Phi) is 4.67. The summed E-state index contributed by atoms with van der Waals surface area (Å²) in [7, 11) is 0. The van der Waals surface area contributed by atoms with Gasteiger partial charge in [-0.3, -0.25) is 0 Å². The van der Waals surface area contributed by atoms with E-state index in [0.29, 0.717) is 5.11 Å². The lowest BCUT2D eigenvalue weighted by Gasteiger charge is -2.05. The summed E-state index contributed by atoms with van der Waals surface area (Å²) in [4.78, 5) is 3.07. The third kappa shape index (κ3) is 4.14. The fourth-order valence-electron chi connectivity index (χ4n) is 1.60. The van der Waals surface area contributed by atoms with Crippen LogP contribution in [0.4, 0.5) is 5.82 Å². The summed E-state index contributed by atoms with van der Waals surface area (Å²) in [6, 6.07) is 16.2. The molecule has 0 saturated heterocycles. The van der Waals surface area contributed by atoms with Crippen LogP contribution in [-0.2, 0) is 6.42 Å². The van der Waals surface area contributed by atoms with E-state index >= 15 is 0 Å². The second-order valence-corrected chi connectivity index (χ2v) is 4.30. The molecule has 4 heteroatoms. The van der Waals surface area contributed by atoms with Crippen LogP contribution < -0.4 is 15.6 Å². The molecule has 0 amide bonds. The normalized spacial score (nSPS) is 9.78. The minimum atomic E-state index is 0.633. The lowest BCUT2D eigenvalue weighted by Crippen LogP contribution is -2.32. The summed E-state index contributed by atoms with van der Waals surface area (Å²) in [5, 5.41) is 6.91. The summed E-state index contributed by atoms with van der Waals surface area (Å²) in [6.07, 6.45) is 2.82. The molecule has 2 aromatic rings. The molecular weight excluding hydrogens is 242 g/mol. The van der Waals surface area contributed by atoms with Crippen LogP contribution in [0.3, 0.4) is 0 Å². The van der Waals surface area contributed by atoms with Crippen LogP contribution in [0.5, 0.6) is 0 Å². The molecule has 0 bridgehead atoms. The molecule has 0 spiro atoms. The number of hydrogen-bond donors (Lipinski definition) is 2. The first kappa shape index (κ1) is 12.5. The van der Waals surface area contributed by atoms with Crippen LogP contribution >= 0.6 is 12.2 Å². The SMILES string of the molecule is S=C(NCCc1ccccc1)Nc1cccc[nH+]1. The molecule has 0 aliphatic rings. The Balaban J connectivity index is 1.73. The number of H-pyrrole nitrogens is 1. The average molecular weight is 258 g/mol. The van der Waals surface area contributed by atoms with Gasteiger partial charge in [0, 0.05) is 12.6 Å². The minimum Gasteiger partial charge on any atom is -0.343 e. The van der Waals surface area contributed by atoms with Crippen LogP contribution in [0.1, 0.15) is 5.56 Å². The Labute approximate surface area is 112 Å². The van der Waals surface area contributed by atoms with Crippen LogP contribution in [0.25, 0.3) is 0 Å². The molecule has 0 atom stereocenters. The molecule has 0 fully saturated rings. The molecule has 3 nitrogen and oxygen atoms in total. The number of nitrogens with one attached hydrogen (secondary N) is 3. The second kappa shape index (κ2) is 6.71. The van der Waals surface area contributed by atoms with E-state index in [2.05, 4.69) is 27.8 Å². The first-order chi connectivity index (χ1) is 8.84. The standard InChI is InChI=1S/C14H15N3S/c18-14(17-13-8-4-5-10-15-13)16-11-9-12-6-2-1-3-7-12/h1-8,10H,9,11H2,(H2,15,16,17,18)/p+1. The van der Waals surface area contributed by atoms with E-state index in [0.717, 1.165) is 18.8 Å². The summed E-state index contributed by atoms with van der Waals surface area (Å²) >= 11 is 5.21. The first-order valence-electron chi connectivity index (χ1n) is 5.90. The predicted octanol–water partition coefficient (Wildman–Crippen LogP) is 2.03. The Morgan fingerprint density at radius 3 is 2.56 bits per heavy atom. The molecule has 0 unspecified atom stereocenters. The molecule has 2 rings (SSSR count). The van der Waals surface area contributed by atoms with Crippen LogP contribution in [0.15, 0.2) is 54.7 Å². The number of aromatic nitrogens is 1. The first-order valence-corrected chi connectivity index (χ1v) is 6.31. The van der Waals surface area contributed by atoms with Crippen molar-refractivity contribution < 1.29 is 4.98 Å². The van der Waals surface area contributed by atoms with E-state index in [1.54, 1.807) is 0 Å². The lowest BCUT2D eigenvalue weighted by atomic mass is 10.1. The van der Waals surface area contributed by atoms with Crippen LogP contribution in [-0.4, -0.2) is 11.7 Å². The maximum absolute atomic E-state index is 5.21. The minimum absolute atomic E-state index is 0.633. The zero-order valence-electron chi connectivity index (χ0n) is 10.0. The molecule has 0 aliphatic heterocycles. The van der Waals surface area contributed by atoms with Gasteiger partial charge in [0.25, 0.3) is 10.9 Å². The zero-order chi connectivity index (χ0) is 12.6. The summed E-state index contributed by atoms with van der Waals surface area (Å²) in [6.45, 7) is 0.822. The molecule has 18 heavy (non-hydrogen) atoms. The number of thiocarbonyl (C=S) groups is 1. The molecular formula is C14H16N3S+. The fraction of sp³-hybridized carbons (Fsp3) is 0.143. The van der Waals surface area contributed by atoms with Gasteiger partial charge in [-0.15, -0.1) is 0 Å². The number of anilines is 1. The Hall–Kier alpha value is -1.94. The van der Waals surface area contributed by atoms with Gasteiger partial charge in [0.2, 0.25) is 0 Å². The van der Waals surface area contributed by atoms with Crippen molar-refractivity contribution in [3.05, 3.63) is 60.3 Å². The maximum Gasteiger partial charge on any atom is 0.279 e. The highest BCUT2D eigenvalue weighted by molar-refractivity contribution is 7.80. The largest absolute Gasteiger partial charge is 0.343 e. The maximum atomic E-state index is 5.21. The van der Waals surface area contributed by atoms with Gasteiger partial charge in [-0.1, -0.05) is 36.4 Å². The third-order valence-electron chi connectivity index (χ3n) is 2.50. The molecule has 0 aliphatic carbocycles. The highest BCUT2D eigenvalue weighted by Gasteiger charge is 2.03. The van der Waals surface area contributed by atoms with E-state index in [9.17, 15) is 0 Å². The molecule has 0 saturated carbocycles. The van der Waals surface area contributed by atoms with Gasteiger partial charge in [0.15, 0.2) is 0 Å². The Bertz CT molecular complexity index is 485. The highest BCUT2D eigenvalue weighted by Crippen LogP contribution is 1.98. The van der Waals surface area contributed by atoms with E-state index in [1.807, 2.05) is 42.6 Å². The molecule has 0 radical (unpaired) electrons. The van der Waals surface area contributed by atoms with Crippen molar-refractivity contribution in [2.45, 2.75) is 6.42 Å². The van der Waals surface area contributed by atoms with Gasteiger partial charge < -0.3 is 5.32 Å². The molecule has 1 aromatic heterocycles. The van der Waals surface area contributed by atoms with Crippen molar-refractivity contribution in [2.24, 2.45) is 0 Å². The summed E-state index contributed by atoms with van der Waals surface area (Å²) < 4.78 is 0. The van der Waals surface area contributed by atoms with Crippen molar-refractivity contribution in [3.63, 3.8) is 0 Å². The van der Waals surface area contributed by atoms with Gasteiger partial charge in [-0.2, -0.15) is 0 Å². The number of rotatable bonds is 4. The van der Waals surface area contributed by atoms with Crippen molar-refractivity contribution >= 4 is 23.1 Å². The van der Waals surface area contributed by atoms with Gasteiger partial charge in [-0.05, 0) is 30.3 Å². The van der Waals surface area contributed by atoms with Gasteiger partial charge in [-0.25, -0.2) is 10.3 Å². The molecule has 1 heterocycles. The van der Waals surface area contributed by atoms with E-state index < -0.39 is 0 Å².